The maximum absolute atomic E-state index is 11.7. The fourth-order valence-corrected chi connectivity index (χ4v) is 3.07. The van der Waals surface area contributed by atoms with Gasteiger partial charge in [0.05, 0.1) is 12.5 Å². The number of anilines is 1. The quantitative estimate of drug-likeness (QED) is 0.783. The van der Waals surface area contributed by atoms with Crippen LogP contribution in [0.15, 0.2) is 11.6 Å². The smallest absolute Gasteiger partial charge is 0.312 e. The number of nitrogens with zero attached hydrogens (tertiary/aromatic N) is 3. The van der Waals surface area contributed by atoms with Gasteiger partial charge in [0.25, 0.3) is 0 Å². The van der Waals surface area contributed by atoms with Crippen molar-refractivity contribution in [1.82, 2.24) is 9.88 Å². The lowest BCUT2D eigenvalue weighted by atomic mass is 9.92. The van der Waals surface area contributed by atoms with Gasteiger partial charge in [-0.3, -0.25) is 9.69 Å². The van der Waals surface area contributed by atoms with Gasteiger partial charge >= 0.3 is 5.97 Å². The van der Waals surface area contributed by atoms with Gasteiger partial charge < -0.3 is 9.64 Å². The second-order valence-electron chi connectivity index (χ2n) is 5.45. The van der Waals surface area contributed by atoms with Crippen LogP contribution in [0, 0.1) is 5.41 Å². The van der Waals surface area contributed by atoms with Gasteiger partial charge in [0, 0.05) is 44.3 Å². The van der Waals surface area contributed by atoms with Gasteiger partial charge in [-0.1, -0.05) is 0 Å². The lowest BCUT2D eigenvalue weighted by Gasteiger charge is -2.37. The third-order valence-electron chi connectivity index (χ3n) is 3.42. The van der Waals surface area contributed by atoms with Gasteiger partial charge in [0.2, 0.25) is 0 Å². The van der Waals surface area contributed by atoms with Crippen molar-refractivity contribution in [3.8, 4) is 0 Å². The minimum absolute atomic E-state index is 0.144. The minimum Gasteiger partial charge on any atom is -0.469 e. The highest BCUT2D eigenvalue weighted by Crippen LogP contribution is 2.22. The Morgan fingerprint density at radius 1 is 1.42 bits per heavy atom. The van der Waals surface area contributed by atoms with Crippen LogP contribution >= 0.6 is 11.3 Å². The van der Waals surface area contributed by atoms with Crippen molar-refractivity contribution in [1.29, 1.82) is 0 Å². The van der Waals surface area contributed by atoms with Crippen LogP contribution in [0.5, 0.6) is 0 Å². The van der Waals surface area contributed by atoms with Gasteiger partial charge in [-0.05, 0) is 13.8 Å². The van der Waals surface area contributed by atoms with Gasteiger partial charge in [-0.25, -0.2) is 4.98 Å². The van der Waals surface area contributed by atoms with E-state index in [0.29, 0.717) is 0 Å². The molecule has 1 saturated heterocycles. The molecule has 0 N–H and O–H groups in total. The second kappa shape index (κ2) is 5.88. The van der Waals surface area contributed by atoms with Crippen molar-refractivity contribution < 1.29 is 9.53 Å². The van der Waals surface area contributed by atoms with Crippen molar-refractivity contribution in [2.75, 3.05) is 44.7 Å². The summed E-state index contributed by atoms with van der Waals surface area (Å²) in [6.45, 7) is 8.46. The number of methoxy groups -OCH3 is 1. The Bertz CT molecular complexity index is 412. The van der Waals surface area contributed by atoms with Crippen molar-refractivity contribution in [2.24, 2.45) is 5.41 Å². The van der Waals surface area contributed by atoms with Crippen molar-refractivity contribution in [3.63, 3.8) is 0 Å². The SMILES string of the molecule is COC(=O)C(C)(C)CN1CCN(c2nccs2)CC1. The van der Waals surface area contributed by atoms with Crippen LogP contribution in [0.1, 0.15) is 13.8 Å². The lowest BCUT2D eigenvalue weighted by molar-refractivity contribution is -0.151. The molecule has 0 aromatic carbocycles. The third-order valence-corrected chi connectivity index (χ3v) is 4.25. The van der Waals surface area contributed by atoms with Gasteiger partial charge in [0.1, 0.15) is 0 Å². The largest absolute Gasteiger partial charge is 0.469 e. The first kappa shape index (κ1) is 14.3. The first-order chi connectivity index (χ1) is 9.03. The summed E-state index contributed by atoms with van der Waals surface area (Å²) in [7, 11) is 1.45. The molecule has 0 saturated carbocycles. The Kier molecular flexibility index (Phi) is 4.42. The number of esters is 1. The molecule has 0 bridgehead atoms. The first-order valence-electron chi connectivity index (χ1n) is 6.48. The molecule has 1 aliphatic rings. The number of ether oxygens (including phenoxy) is 1. The molecule has 0 aliphatic carbocycles. The summed E-state index contributed by atoms with van der Waals surface area (Å²) in [4.78, 5) is 20.6. The van der Waals surface area contributed by atoms with E-state index in [1.54, 1.807) is 11.3 Å². The summed E-state index contributed by atoms with van der Waals surface area (Å²) in [5.41, 5.74) is -0.446. The second-order valence-corrected chi connectivity index (χ2v) is 6.33. The number of carbonyl (C=O) groups excluding carboxylic acids is 1. The van der Waals surface area contributed by atoms with E-state index in [0.717, 1.165) is 37.9 Å². The maximum Gasteiger partial charge on any atom is 0.312 e. The summed E-state index contributed by atoms with van der Waals surface area (Å²) in [6, 6.07) is 0. The molecule has 0 spiro atoms. The van der Waals surface area contributed by atoms with Crippen LogP contribution in [-0.2, 0) is 9.53 Å². The number of carbonyl (C=O) groups is 1. The highest BCUT2D eigenvalue weighted by atomic mass is 32.1. The Hall–Kier alpha value is -1.14. The minimum atomic E-state index is -0.446. The molecule has 2 heterocycles. The zero-order chi connectivity index (χ0) is 13.9. The Labute approximate surface area is 118 Å². The fourth-order valence-electron chi connectivity index (χ4n) is 2.37. The molecule has 5 nitrogen and oxygen atoms in total. The van der Waals surface area contributed by atoms with Crippen LogP contribution in [0.25, 0.3) is 0 Å². The molecule has 19 heavy (non-hydrogen) atoms. The molecular weight excluding hydrogens is 262 g/mol. The number of aromatic nitrogens is 1. The number of rotatable bonds is 4. The van der Waals surface area contributed by atoms with Crippen LogP contribution in [-0.4, -0.2) is 55.7 Å². The van der Waals surface area contributed by atoms with Crippen molar-refractivity contribution >= 4 is 22.4 Å². The number of thiazole rings is 1. The highest BCUT2D eigenvalue weighted by Gasteiger charge is 2.32. The van der Waals surface area contributed by atoms with Crippen molar-refractivity contribution in [2.45, 2.75) is 13.8 Å². The summed E-state index contributed by atoms with van der Waals surface area (Å²) in [5, 5.41) is 3.09. The van der Waals surface area contributed by atoms with Gasteiger partial charge in [0.15, 0.2) is 5.13 Å². The van der Waals surface area contributed by atoms with E-state index in [9.17, 15) is 4.79 Å². The summed E-state index contributed by atoms with van der Waals surface area (Å²) in [5.74, 6) is -0.144. The van der Waals surface area contributed by atoms with Gasteiger partial charge in [-0.2, -0.15) is 0 Å². The topological polar surface area (TPSA) is 45.7 Å². The molecular formula is C13H21N3O2S. The van der Waals surface area contributed by atoms with E-state index in [1.807, 2.05) is 25.4 Å². The number of hydrogen-bond donors (Lipinski definition) is 0. The predicted octanol–water partition coefficient (Wildman–Crippen LogP) is 1.46. The van der Waals surface area contributed by atoms with Crippen LogP contribution in [0.3, 0.4) is 0 Å². The molecule has 106 valence electrons. The average Bonchev–Trinajstić information content (AvgIpc) is 2.92. The number of hydrogen-bond acceptors (Lipinski definition) is 6. The fraction of sp³-hybridized carbons (Fsp3) is 0.692. The maximum atomic E-state index is 11.7. The van der Waals surface area contributed by atoms with E-state index in [2.05, 4.69) is 14.8 Å². The van der Waals surface area contributed by atoms with Crippen LogP contribution < -0.4 is 4.90 Å². The van der Waals surface area contributed by atoms with Crippen molar-refractivity contribution in [3.05, 3.63) is 11.6 Å². The van der Waals surface area contributed by atoms with Crippen LogP contribution in [0.4, 0.5) is 5.13 Å². The molecule has 1 fully saturated rings. The van der Waals surface area contributed by atoms with Crippen LogP contribution in [0.2, 0.25) is 0 Å². The molecule has 1 aromatic rings. The van der Waals surface area contributed by atoms with Gasteiger partial charge in [-0.15, -0.1) is 11.3 Å². The van der Waals surface area contributed by atoms with E-state index in [1.165, 1.54) is 7.11 Å². The predicted molar refractivity (Wildman–Crippen MR) is 76.6 cm³/mol. The first-order valence-corrected chi connectivity index (χ1v) is 7.36. The van der Waals surface area contributed by atoms with E-state index in [-0.39, 0.29) is 5.97 Å². The number of piperazine rings is 1. The molecule has 0 amide bonds. The summed E-state index contributed by atoms with van der Waals surface area (Å²) in [6.07, 6.45) is 1.84. The molecule has 2 rings (SSSR count). The summed E-state index contributed by atoms with van der Waals surface area (Å²) >= 11 is 1.67. The highest BCUT2D eigenvalue weighted by molar-refractivity contribution is 7.13. The van der Waals surface area contributed by atoms with E-state index >= 15 is 0 Å². The molecule has 0 unspecified atom stereocenters. The Morgan fingerprint density at radius 3 is 2.63 bits per heavy atom. The van der Waals surface area contributed by atoms with E-state index in [4.69, 9.17) is 4.74 Å². The van der Waals surface area contributed by atoms with E-state index < -0.39 is 5.41 Å². The monoisotopic (exact) mass is 283 g/mol. The average molecular weight is 283 g/mol. The Balaban J connectivity index is 1.85. The molecule has 0 atom stereocenters. The molecule has 6 heteroatoms. The molecule has 1 aromatic heterocycles. The lowest BCUT2D eigenvalue weighted by Crippen LogP contribution is -2.50. The molecule has 1 aliphatic heterocycles. The zero-order valence-electron chi connectivity index (χ0n) is 11.8. The Morgan fingerprint density at radius 2 is 2.11 bits per heavy atom. The zero-order valence-corrected chi connectivity index (χ0v) is 12.6. The molecule has 0 radical (unpaired) electrons. The summed E-state index contributed by atoms with van der Waals surface area (Å²) < 4.78 is 4.85. The third kappa shape index (κ3) is 3.45. The standard InChI is InChI=1S/C13H21N3O2S/c1-13(2,11(17)18-3)10-15-5-7-16(8-6-15)12-14-4-9-19-12/h4,9H,5-8,10H2,1-3H3. The normalized spacial score (nSPS) is 17.5.